The molecule has 1 aliphatic carbocycles. The number of hydrogen-bond donors (Lipinski definition) is 1. The van der Waals surface area contributed by atoms with E-state index < -0.39 is 10.0 Å². The second-order valence-corrected chi connectivity index (χ2v) is 9.39. The third-order valence-corrected chi connectivity index (χ3v) is 7.02. The van der Waals surface area contributed by atoms with Gasteiger partial charge in [0.05, 0.1) is 10.6 Å². The normalized spacial score (nSPS) is 15.9. The molecule has 1 saturated carbocycles. The number of anilines is 1. The van der Waals surface area contributed by atoms with Gasteiger partial charge in [0.1, 0.15) is 0 Å². The van der Waals surface area contributed by atoms with Crippen LogP contribution >= 0.6 is 0 Å². The monoisotopic (exact) mass is 386 g/mol. The maximum absolute atomic E-state index is 13.0. The van der Waals surface area contributed by atoms with Gasteiger partial charge in [-0.15, -0.1) is 0 Å². The highest BCUT2D eigenvalue weighted by atomic mass is 32.2. The minimum atomic E-state index is -3.62. The van der Waals surface area contributed by atoms with E-state index in [-0.39, 0.29) is 0 Å². The molecule has 0 spiro atoms. The van der Waals surface area contributed by atoms with Crippen LogP contribution in [0.2, 0.25) is 0 Å². The summed E-state index contributed by atoms with van der Waals surface area (Å²) in [6.45, 7) is 4.48. The highest BCUT2D eigenvalue weighted by molar-refractivity contribution is 7.92. The molecule has 0 atom stereocenters. The Bertz CT molecular complexity index is 887. The zero-order chi connectivity index (χ0) is 19.4. The summed E-state index contributed by atoms with van der Waals surface area (Å²) in [5, 5.41) is 0. The highest BCUT2D eigenvalue weighted by Crippen LogP contribution is 2.27. The molecule has 2 aromatic rings. The summed E-state index contributed by atoms with van der Waals surface area (Å²) >= 11 is 0. The van der Waals surface area contributed by atoms with E-state index in [9.17, 15) is 8.42 Å². The van der Waals surface area contributed by atoms with E-state index in [0.717, 1.165) is 23.2 Å². The molecule has 5 heteroatoms. The summed E-state index contributed by atoms with van der Waals surface area (Å²) in [6, 6.07) is 13.8. The molecule has 4 nitrogen and oxygen atoms in total. The van der Waals surface area contributed by atoms with Crippen molar-refractivity contribution in [1.29, 1.82) is 0 Å². The van der Waals surface area contributed by atoms with Crippen LogP contribution in [0.25, 0.3) is 0 Å². The Morgan fingerprint density at radius 2 is 1.74 bits per heavy atom. The maximum Gasteiger partial charge on any atom is 0.262 e. The van der Waals surface area contributed by atoms with Crippen molar-refractivity contribution >= 4 is 15.7 Å². The number of aryl methyl sites for hydroxylation is 2. The van der Waals surface area contributed by atoms with Crippen molar-refractivity contribution in [1.82, 2.24) is 4.90 Å². The summed E-state index contributed by atoms with van der Waals surface area (Å²) in [5.74, 6) is 0. The Morgan fingerprint density at radius 3 is 2.48 bits per heavy atom. The zero-order valence-corrected chi connectivity index (χ0v) is 17.3. The molecule has 1 fully saturated rings. The number of para-hydroxylation sites is 1. The summed E-state index contributed by atoms with van der Waals surface area (Å²) in [4.78, 5) is 2.71. The molecule has 146 valence electrons. The van der Waals surface area contributed by atoms with E-state index in [1.54, 1.807) is 6.07 Å². The molecule has 3 rings (SSSR count). The molecule has 1 N–H and O–H groups in total. The van der Waals surface area contributed by atoms with Crippen LogP contribution in [0.5, 0.6) is 0 Å². The van der Waals surface area contributed by atoms with Crippen LogP contribution in [0.3, 0.4) is 0 Å². The molecule has 0 bridgehead atoms. The van der Waals surface area contributed by atoms with Gasteiger partial charge < -0.3 is 0 Å². The number of rotatable bonds is 6. The highest BCUT2D eigenvalue weighted by Gasteiger charge is 2.21. The first-order valence-corrected chi connectivity index (χ1v) is 11.2. The lowest BCUT2D eigenvalue weighted by Crippen LogP contribution is -2.33. The Morgan fingerprint density at radius 1 is 1.04 bits per heavy atom. The molecule has 0 amide bonds. The molecule has 2 aromatic carbocycles. The Hall–Kier alpha value is -1.85. The lowest BCUT2D eigenvalue weighted by Gasteiger charge is -2.31. The fraction of sp³-hybridized carbons (Fsp3) is 0.455. The quantitative estimate of drug-likeness (QED) is 0.771. The second-order valence-electron chi connectivity index (χ2n) is 7.74. The van der Waals surface area contributed by atoms with E-state index >= 15 is 0 Å². The summed E-state index contributed by atoms with van der Waals surface area (Å²) < 4.78 is 28.8. The van der Waals surface area contributed by atoms with E-state index in [2.05, 4.69) is 16.7 Å². The molecule has 27 heavy (non-hydrogen) atoms. The third kappa shape index (κ3) is 4.90. The Kier molecular flexibility index (Phi) is 6.22. The van der Waals surface area contributed by atoms with Crippen LogP contribution in [0, 0.1) is 13.8 Å². The van der Waals surface area contributed by atoms with E-state index in [0.29, 0.717) is 16.6 Å². The number of hydrogen-bond acceptors (Lipinski definition) is 3. The number of sulfonamides is 1. The molecule has 0 radical (unpaired) electrons. The second kappa shape index (κ2) is 8.44. The first-order valence-electron chi connectivity index (χ1n) is 9.75. The fourth-order valence-electron chi connectivity index (χ4n) is 3.87. The lowest BCUT2D eigenvalue weighted by atomic mass is 9.94. The first kappa shape index (κ1) is 19.9. The third-order valence-electron chi connectivity index (χ3n) is 5.51. The molecule has 1 aliphatic rings. The van der Waals surface area contributed by atoms with Crippen LogP contribution in [-0.2, 0) is 16.6 Å². The van der Waals surface area contributed by atoms with Crippen LogP contribution < -0.4 is 4.72 Å². The van der Waals surface area contributed by atoms with Crippen molar-refractivity contribution in [2.24, 2.45) is 0 Å². The minimum Gasteiger partial charge on any atom is -0.299 e. The zero-order valence-electron chi connectivity index (χ0n) is 16.5. The summed E-state index contributed by atoms with van der Waals surface area (Å²) in [5.41, 5.74) is 3.37. The summed E-state index contributed by atoms with van der Waals surface area (Å²) in [6.07, 6.45) is 6.36. The average molecular weight is 387 g/mol. The number of nitrogens with zero attached hydrogens (tertiary/aromatic N) is 1. The Labute approximate surface area is 163 Å². The average Bonchev–Trinajstić information content (AvgIpc) is 2.65. The molecular formula is C22H30N2O2S. The summed E-state index contributed by atoms with van der Waals surface area (Å²) in [7, 11) is -1.47. The maximum atomic E-state index is 13.0. The molecule has 0 aromatic heterocycles. The molecule has 0 aliphatic heterocycles. The van der Waals surface area contributed by atoms with Crippen molar-refractivity contribution in [2.45, 2.75) is 63.4 Å². The van der Waals surface area contributed by atoms with Crippen LogP contribution in [-0.4, -0.2) is 26.4 Å². The van der Waals surface area contributed by atoms with Gasteiger partial charge in [0.15, 0.2) is 0 Å². The van der Waals surface area contributed by atoms with E-state index in [1.807, 2.05) is 50.2 Å². The van der Waals surface area contributed by atoms with Crippen LogP contribution in [0.4, 0.5) is 5.69 Å². The lowest BCUT2D eigenvalue weighted by molar-refractivity contribution is 0.185. The van der Waals surface area contributed by atoms with Crippen molar-refractivity contribution in [3.05, 3.63) is 59.2 Å². The van der Waals surface area contributed by atoms with Crippen molar-refractivity contribution in [3.8, 4) is 0 Å². The topological polar surface area (TPSA) is 49.4 Å². The molecular weight excluding hydrogens is 356 g/mol. The van der Waals surface area contributed by atoms with Crippen LogP contribution in [0.1, 0.15) is 48.8 Å². The van der Waals surface area contributed by atoms with Crippen molar-refractivity contribution in [2.75, 3.05) is 11.8 Å². The minimum absolute atomic E-state index is 0.345. The van der Waals surface area contributed by atoms with Crippen LogP contribution in [0.15, 0.2) is 47.4 Å². The van der Waals surface area contributed by atoms with Gasteiger partial charge in [-0.2, -0.15) is 0 Å². The van der Waals surface area contributed by atoms with Gasteiger partial charge in [0.25, 0.3) is 10.0 Å². The molecule has 0 heterocycles. The predicted octanol–water partition coefficient (Wildman–Crippen LogP) is 4.87. The van der Waals surface area contributed by atoms with Gasteiger partial charge in [-0.05, 0) is 62.6 Å². The SMILES string of the molecule is Cc1ccc(C)c(S(=O)(=O)Nc2ccccc2CN(C)C2CCCCC2)c1. The van der Waals surface area contributed by atoms with Gasteiger partial charge in [-0.3, -0.25) is 9.62 Å². The fourth-order valence-corrected chi connectivity index (χ4v) is 5.31. The van der Waals surface area contributed by atoms with E-state index in [4.69, 9.17) is 0 Å². The van der Waals surface area contributed by atoms with Crippen molar-refractivity contribution < 1.29 is 8.42 Å². The number of benzene rings is 2. The molecule has 0 saturated heterocycles. The van der Waals surface area contributed by atoms with Gasteiger partial charge in [0.2, 0.25) is 0 Å². The smallest absolute Gasteiger partial charge is 0.262 e. The van der Waals surface area contributed by atoms with Gasteiger partial charge in [-0.25, -0.2) is 8.42 Å². The first-order chi connectivity index (χ1) is 12.9. The predicted molar refractivity (Wildman–Crippen MR) is 112 cm³/mol. The Balaban J connectivity index is 1.82. The largest absolute Gasteiger partial charge is 0.299 e. The number of nitrogens with one attached hydrogen (secondary N) is 1. The molecule has 0 unspecified atom stereocenters. The van der Waals surface area contributed by atoms with Gasteiger partial charge >= 0.3 is 0 Å². The van der Waals surface area contributed by atoms with E-state index in [1.165, 1.54) is 32.1 Å². The van der Waals surface area contributed by atoms with Crippen molar-refractivity contribution in [3.63, 3.8) is 0 Å². The van der Waals surface area contributed by atoms with Gasteiger partial charge in [0, 0.05) is 12.6 Å². The van der Waals surface area contributed by atoms with Gasteiger partial charge in [-0.1, -0.05) is 49.6 Å². The standard InChI is InChI=1S/C22H30N2O2S/c1-17-13-14-18(2)22(15-17)27(25,26)23-21-12-8-7-9-19(21)16-24(3)20-10-5-4-6-11-20/h7-9,12-15,20,23H,4-6,10-11,16H2,1-3H3.